The Morgan fingerprint density at radius 3 is 2.33 bits per heavy atom. The van der Waals surface area contributed by atoms with Crippen LogP contribution >= 0.6 is 23.2 Å². The number of benzene rings is 2. The zero-order valence-corrected chi connectivity index (χ0v) is 20.8. The number of Topliss-reactive ketones (excluding diaryl/α,β-unsaturated/α-hetero) is 1. The lowest BCUT2D eigenvalue weighted by Gasteiger charge is -2.11. The molecule has 3 aromatic rings. The molecule has 1 atom stereocenters. The first kappa shape index (κ1) is 25.3. The molecule has 176 valence electrons. The first-order chi connectivity index (χ1) is 15.8. The molecule has 1 N–H and O–H groups in total. The number of nitrogens with zero attached hydrogens (tertiary/aromatic N) is 1. The largest absolute Gasteiger partial charge is 0.481 e. The van der Waals surface area contributed by atoms with Crippen molar-refractivity contribution >= 4 is 45.9 Å². The van der Waals surface area contributed by atoms with Crippen LogP contribution in [0.2, 0.25) is 10.0 Å². The lowest BCUT2D eigenvalue weighted by molar-refractivity contribution is -0.137. The van der Waals surface area contributed by atoms with Crippen LogP contribution in [0.15, 0.2) is 42.5 Å². The number of fused-ring (bicyclic) bond motifs is 1. The van der Waals surface area contributed by atoms with Crippen LogP contribution in [-0.4, -0.2) is 21.4 Å². The summed E-state index contributed by atoms with van der Waals surface area (Å²) in [5, 5.41) is 11.3. The normalized spacial score (nSPS) is 12.2. The second-order valence-corrected chi connectivity index (χ2v) is 9.79. The standard InChI is InChI=1S/C27H31Cl2NO3/c1-18(15-26(32)33)14-25(31)27-22-17-21(29)12-13-23(22)30(2)24(27)11-6-4-3-5-8-19-9-7-10-20(28)16-19/h7,9-10,12-13,16-18H,3-6,8,11,14-15H2,1-2H3,(H,32,33). The van der Waals surface area contributed by atoms with Gasteiger partial charge in [-0.2, -0.15) is 0 Å². The van der Waals surface area contributed by atoms with E-state index in [9.17, 15) is 9.59 Å². The third kappa shape index (κ3) is 6.84. The van der Waals surface area contributed by atoms with E-state index in [2.05, 4.69) is 10.6 Å². The van der Waals surface area contributed by atoms with E-state index in [1.807, 2.05) is 50.4 Å². The van der Waals surface area contributed by atoms with Gasteiger partial charge in [-0.25, -0.2) is 0 Å². The van der Waals surface area contributed by atoms with Crippen molar-refractivity contribution in [2.75, 3.05) is 0 Å². The molecule has 0 amide bonds. The van der Waals surface area contributed by atoms with E-state index < -0.39 is 5.97 Å². The van der Waals surface area contributed by atoms with Crippen molar-refractivity contribution in [3.05, 3.63) is 69.3 Å². The van der Waals surface area contributed by atoms with E-state index in [0.29, 0.717) is 10.6 Å². The molecule has 2 aromatic carbocycles. The Hall–Kier alpha value is -2.30. The number of carboxylic acid groups (broad SMARTS) is 1. The van der Waals surface area contributed by atoms with Gasteiger partial charge in [-0.15, -0.1) is 0 Å². The number of rotatable bonds is 12. The van der Waals surface area contributed by atoms with Crippen LogP contribution in [-0.2, 0) is 24.7 Å². The Morgan fingerprint density at radius 1 is 0.939 bits per heavy atom. The zero-order chi connectivity index (χ0) is 24.0. The van der Waals surface area contributed by atoms with Gasteiger partial charge in [0.25, 0.3) is 0 Å². The maximum absolute atomic E-state index is 13.3. The van der Waals surface area contributed by atoms with Gasteiger partial charge in [0, 0.05) is 52.1 Å². The van der Waals surface area contributed by atoms with E-state index in [4.69, 9.17) is 28.3 Å². The summed E-state index contributed by atoms with van der Waals surface area (Å²) in [7, 11) is 1.99. The SMILES string of the molecule is CC(CC(=O)O)CC(=O)c1c(CCCCCCc2cccc(Cl)c2)n(C)c2ccc(Cl)cc12. The summed E-state index contributed by atoms with van der Waals surface area (Å²) in [5.74, 6) is -1.11. The average Bonchev–Trinajstić information content (AvgIpc) is 3.01. The van der Waals surface area contributed by atoms with Crippen LogP contribution in [0.25, 0.3) is 10.9 Å². The lowest BCUT2D eigenvalue weighted by atomic mass is 9.94. The van der Waals surface area contributed by atoms with Gasteiger partial charge in [0.1, 0.15) is 0 Å². The number of halogens is 2. The Labute approximate surface area is 205 Å². The van der Waals surface area contributed by atoms with Gasteiger partial charge in [0.15, 0.2) is 5.78 Å². The summed E-state index contributed by atoms with van der Waals surface area (Å²) < 4.78 is 2.09. The predicted octanol–water partition coefficient (Wildman–Crippen LogP) is 7.51. The minimum Gasteiger partial charge on any atom is -0.481 e. The molecule has 0 bridgehead atoms. The summed E-state index contributed by atoms with van der Waals surface area (Å²) in [6.45, 7) is 1.81. The molecule has 0 fully saturated rings. The van der Waals surface area contributed by atoms with Crippen molar-refractivity contribution in [1.29, 1.82) is 0 Å². The first-order valence-electron chi connectivity index (χ1n) is 11.5. The molecule has 0 radical (unpaired) electrons. The molecule has 0 aliphatic heterocycles. The molecule has 0 aliphatic carbocycles. The number of carboxylic acids is 1. The van der Waals surface area contributed by atoms with Gasteiger partial charge in [-0.3, -0.25) is 9.59 Å². The van der Waals surface area contributed by atoms with E-state index in [1.54, 1.807) is 0 Å². The Bertz CT molecular complexity index is 1140. The maximum Gasteiger partial charge on any atom is 0.303 e. The van der Waals surface area contributed by atoms with Crippen molar-refractivity contribution in [1.82, 2.24) is 4.57 Å². The highest BCUT2D eigenvalue weighted by Crippen LogP contribution is 2.31. The van der Waals surface area contributed by atoms with Crippen molar-refractivity contribution in [3.63, 3.8) is 0 Å². The molecule has 0 spiro atoms. The zero-order valence-electron chi connectivity index (χ0n) is 19.2. The average molecular weight is 488 g/mol. The maximum atomic E-state index is 13.3. The quantitative estimate of drug-likeness (QED) is 0.212. The van der Waals surface area contributed by atoms with Gasteiger partial charge in [0.05, 0.1) is 0 Å². The molecule has 0 saturated carbocycles. The number of unbranched alkanes of at least 4 members (excludes halogenated alkanes) is 3. The molecule has 33 heavy (non-hydrogen) atoms. The summed E-state index contributed by atoms with van der Waals surface area (Å²) in [6.07, 6.45) is 6.28. The van der Waals surface area contributed by atoms with Crippen molar-refractivity contribution in [2.45, 2.75) is 58.3 Å². The van der Waals surface area contributed by atoms with Crippen molar-refractivity contribution in [3.8, 4) is 0 Å². The monoisotopic (exact) mass is 487 g/mol. The molecule has 0 saturated heterocycles. The van der Waals surface area contributed by atoms with E-state index in [0.717, 1.165) is 60.1 Å². The fourth-order valence-corrected chi connectivity index (χ4v) is 4.91. The van der Waals surface area contributed by atoms with Crippen LogP contribution in [0.3, 0.4) is 0 Å². The summed E-state index contributed by atoms with van der Waals surface area (Å²) in [6, 6.07) is 13.6. The van der Waals surface area contributed by atoms with Gasteiger partial charge in [-0.05, 0) is 67.5 Å². The molecule has 1 unspecified atom stereocenters. The highest BCUT2D eigenvalue weighted by Gasteiger charge is 2.23. The molecule has 1 heterocycles. The summed E-state index contributed by atoms with van der Waals surface area (Å²) in [4.78, 5) is 24.3. The molecule has 1 aromatic heterocycles. The molecule has 0 aliphatic rings. The predicted molar refractivity (Wildman–Crippen MR) is 136 cm³/mol. The van der Waals surface area contributed by atoms with Crippen LogP contribution in [0.1, 0.15) is 67.1 Å². The van der Waals surface area contributed by atoms with Crippen LogP contribution in [0.5, 0.6) is 0 Å². The number of ketones is 1. The van der Waals surface area contributed by atoms with Gasteiger partial charge in [0.2, 0.25) is 0 Å². The molecular weight excluding hydrogens is 457 g/mol. The van der Waals surface area contributed by atoms with E-state index in [-0.39, 0.29) is 24.5 Å². The van der Waals surface area contributed by atoms with Crippen molar-refractivity contribution < 1.29 is 14.7 Å². The number of aromatic nitrogens is 1. The molecule has 4 nitrogen and oxygen atoms in total. The van der Waals surface area contributed by atoms with Gasteiger partial charge < -0.3 is 9.67 Å². The summed E-state index contributed by atoms with van der Waals surface area (Å²) >= 11 is 12.3. The smallest absolute Gasteiger partial charge is 0.303 e. The lowest BCUT2D eigenvalue weighted by Crippen LogP contribution is -2.12. The number of carbonyl (C=O) groups excluding carboxylic acids is 1. The van der Waals surface area contributed by atoms with Crippen LogP contribution in [0.4, 0.5) is 0 Å². The number of hydrogen-bond donors (Lipinski definition) is 1. The first-order valence-corrected chi connectivity index (χ1v) is 12.3. The van der Waals surface area contributed by atoms with Crippen molar-refractivity contribution in [2.24, 2.45) is 13.0 Å². The Balaban J connectivity index is 1.68. The number of aryl methyl sites for hydroxylation is 2. The molecule has 6 heteroatoms. The Kier molecular flexibility index (Phi) is 8.99. The van der Waals surface area contributed by atoms with Crippen LogP contribution in [0, 0.1) is 5.92 Å². The van der Waals surface area contributed by atoms with Gasteiger partial charge in [-0.1, -0.05) is 55.1 Å². The number of hydrogen-bond acceptors (Lipinski definition) is 2. The number of aliphatic carboxylic acids is 1. The fraction of sp³-hybridized carbons (Fsp3) is 0.407. The number of carbonyl (C=O) groups is 2. The topological polar surface area (TPSA) is 59.3 Å². The van der Waals surface area contributed by atoms with Crippen LogP contribution < -0.4 is 0 Å². The second-order valence-electron chi connectivity index (χ2n) is 8.92. The minimum atomic E-state index is -0.880. The third-order valence-corrected chi connectivity index (χ3v) is 6.61. The minimum absolute atomic E-state index is 0.00688. The Morgan fingerprint density at radius 2 is 1.64 bits per heavy atom. The highest BCUT2D eigenvalue weighted by molar-refractivity contribution is 6.31. The van der Waals surface area contributed by atoms with E-state index >= 15 is 0 Å². The highest BCUT2D eigenvalue weighted by atomic mass is 35.5. The van der Waals surface area contributed by atoms with E-state index in [1.165, 1.54) is 5.56 Å². The molecule has 3 rings (SSSR count). The third-order valence-electron chi connectivity index (χ3n) is 6.14. The molecular formula is C27H31Cl2NO3. The fourth-order valence-electron chi connectivity index (χ4n) is 4.53. The van der Waals surface area contributed by atoms with Gasteiger partial charge >= 0.3 is 5.97 Å². The summed E-state index contributed by atoms with van der Waals surface area (Å²) in [5.41, 5.74) is 3.95. The second kappa shape index (κ2) is 11.7.